The Kier molecular flexibility index (Phi) is 3.14. The van der Waals surface area contributed by atoms with Gasteiger partial charge in [-0.1, -0.05) is 24.3 Å². The average molecular weight is 268 g/mol. The van der Waals surface area contributed by atoms with Gasteiger partial charge in [0.25, 0.3) is 11.5 Å². The lowest BCUT2D eigenvalue weighted by atomic mass is 9.77. The Labute approximate surface area is 116 Å². The van der Waals surface area contributed by atoms with Gasteiger partial charge in [0.15, 0.2) is 0 Å². The van der Waals surface area contributed by atoms with Crippen molar-refractivity contribution in [2.45, 2.75) is 19.3 Å². The first-order valence-electron chi connectivity index (χ1n) is 6.71. The number of hydrogen-bond donors (Lipinski definition) is 2. The number of nitrogens with one attached hydrogen (secondary N) is 2. The number of aryl methyl sites for hydroxylation is 1. The average Bonchev–Trinajstić information content (AvgIpc) is 2.39. The molecule has 0 saturated carbocycles. The smallest absolute Gasteiger partial charge is 0.260 e. The largest absolute Gasteiger partial charge is 0.351 e. The molecule has 1 aliphatic carbocycles. The minimum atomic E-state index is -0.337. The Morgan fingerprint density at radius 2 is 2.10 bits per heavy atom. The third-order valence-electron chi connectivity index (χ3n) is 3.77. The molecule has 20 heavy (non-hydrogen) atoms. The Bertz CT molecular complexity index is 718. The van der Waals surface area contributed by atoms with Crippen LogP contribution in [0.15, 0.2) is 41.2 Å². The maximum Gasteiger partial charge on any atom is 0.260 e. The van der Waals surface area contributed by atoms with Crippen molar-refractivity contribution >= 4 is 5.91 Å². The second-order valence-electron chi connectivity index (χ2n) is 5.19. The maximum absolute atomic E-state index is 12.0. The summed E-state index contributed by atoms with van der Waals surface area (Å²) in [5.74, 6) is 0.0512. The molecule has 0 unspecified atom stereocenters. The second kappa shape index (κ2) is 4.96. The van der Waals surface area contributed by atoms with Gasteiger partial charge in [0.05, 0.1) is 0 Å². The molecular weight excluding hydrogens is 252 g/mol. The van der Waals surface area contributed by atoms with Gasteiger partial charge in [0, 0.05) is 18.2 Å². The van der Waals surface area contributed by atoms with Crippen molar-refractivity contribution in [3.8, 4) is 0 Å². The molecule has 0 bridgehead atoms. The number of rotatable bonds is 3. The molecule has 1 heterocycles. The molecule has 4 heteroatoms. The van der Waals surface area contributed by atoms with E-state index in [1.54, 1.807) is 19.1 Å². The van der Waals surface area contributed by atoms with E-state index in [1.807, 2.05) is 12.1 Å². The van der Waals surface area contributed by atoms with E-state index < -0.39 is 0 Å². The van der Waals surface area contributed by atoms with Crippen molar-refractivity contribution in [3.63, 3.8) is 0 Å². The zero-order chi connectivity index (χ0) is 14.1. The maximum atomic E-state index is 12.0. The number of pyridine rings is 1. The van der Waals surface area contributed by atoms with E-state index in [9.17, 15) is 9.59 Å². The van der Waals surface area contributed by atoms with Gasteiger partial charge in [-0.05, 0) is 36.6 Å². The summed E-state index contributed by atoms with van der Waals surface area (Å²) in [6.45, 7) is 2.36. The van der Waals surface area contributed by atoms with Crippen LogP contribution in [0.25, 0.3) is 0 Å². The van der Waals surface area contributed by atoms with E-state index in [1.165, 1.54) is 11.1 Å². The summed E-state index contributed by atoms with van der Waals surface area (Å²) in [4.78, 5) is 26.3. The van der Waals surface area contributed by atoms with Crippen LogP contribution in [0.4, 0.5) is 0 Å². The number of carbonyl (C=O) groups excluding carboxylic acids is 1. The number of H-pyrrole nitrogens is 1. The molecule has 2 N–H and O–H groups in total. The first-order chi connectivity index (χ1) is 9.65. The van der Waals surface area contributed by atoms with Crippen LogP contribution in [0.5, 0.6) is 0 Å². The zero-order valence-electron chi connectivity index (χ0n) is 11.3. The van der Waals surface area contributed by atoms with Crippen molar-refractivity contribution in [1.82, 2.24) is 10.3 Å². The van der Waals surface area contributed by atoms with Gasteiger partial charge < -0.3 is 10.3 Å². The lowest BCUT2D eigenvalue weighted by molar-refractivity contribution is 0.0948. The highest BCUT2D eigenvalue weighted by Gasteiger charge is 2.25. The Hall–Kier alpha value is -2.36. The highest BCUT2D eigenvalue weighted by Crippen LogP contribution is 2.33. The van der Waals surface area contributed by atoms with Crippen LogP contribution >= 0.6 is 0 Å². The molecule has 1 aromatic heterocycles. The van der Waals surface area contributed by atoms with E-state index in [0.717, 1.165) is 12.1 Å². The quantitative estimate of drug-likeness (QED) is 0.891. The van der Waals surface area contributed by atoms with Crippen LogP contribution in [0.2, 0.25) is 0 Å². The van der Waals surface area contributed by atoms with Crippen LogP contribution in [0, 0.1) is 6.92 Å². The summed E-state index contributed by atoms with van der Waals surface area (Å²) in [5, 5.41) is 2.84. The van der Waals surface area contributed by atoms with Gasteiger partial charge in [-0.25, -0.2) is 0 Å². The van der Waals surface area contributed by atoms with Crippen LogP contribution in [-0.2, 0) is 6.42 Å². The van der Waals surface area contributed by atoms with Gasteiger partial charge in [-0.3, -0.25) is 9.59 Å². The summed E-state index contributed by atoms with van der Waals surface area (Å²) in [7, 11) is 0. The number of aromatic amines is 1. The van der Waals surface area contributed by atoms with E-state index in [4.69, 9.17) is 0 Å². The molecule has 102 valence electrons. The van der Waals surface area contributed by atoms with Crippen molar-refractivity contribution in [1.29, 1.82) is 0 Å². The molecule has 0 spiro atoms. The molecular formula is C16H16N2O2. The molecule has 2 aromatic rings. The lowest BCUT2D eigenvalue weighted by Crippen LogP contribution is -2.35. The van der Waals surface area contributed by atoms with Crippen LogP contribution in [-0.4, -0.2) is 17.4 Å². The number of amides is 1. The predicted molar refractivity (Wildman–Crippen MR) is 77.0 cm³/mol. The standard InChI is InChI=1S/C16H16N2O2/c1-10-6-7-14(16(20)18-10)15(19)17-9-12-8-11-4-2-3-5-13(11)12/h2-7,12H,8-9H2,1H3,(H,17,19)(H,18,20)/t12-/m0/s1. The summed E-state index contributed by atoms with van der Waals surface area (Å²) < 4.78 is 0. The summed E-state index contributed by atoms with van der Waals surface area (Å²) in [6, 6.07) is 11.5. The lowest BCUT2D eigenvalue weighted by Gasteiger charge is -2.30. The van der Waals surface area contributed by atoms with Crippen LogP contribution < -0.4 is 10.9 Å². The van der Waals surface area contributed by atoms with Gasteiger partial charge in [-0.15, -0.1) is 0 Å². The molecule has 4 nitrogen and oxygen atoms in total. The molecule has 3 rings (SSSR count). The van der Waals surface area contributed by atoms with Gasteiger partial charge in [0.2, 0.25) is 0 Å². The minimum absolute atomic E-state index is 0.170. The highest BCUT2D eigenvalue weighted by molar-refractivity contribution is 5.93. The van der Waals surface area contributed by atoms with E-state index in [-0.39, 0.29) is 17.0 Å². The normalized spacial score (nSPS) is 16.1. The minimum Gasteiger partial charge on any atom is -0.351 e. The fourth-order valence-corrected chi connectivity index (χ4v) is 2.61. The molecule has 0 fully saturated rings. The fraction of sp³-hybridized carbons (Fsp3) is 0.250. The van der Waals surface area contributed by atoms with E-state index >= 15 is 0 Å². The highest BCUT2D eigenvalue weighted by atomic mass is 16.2. The SMILES string of the molecule is Cc1ccc(C(=O)NC[C@@H]2Cc3ccccc32)c(=O)[nH]1. The molecule has 1 aromatic carbocycles. The number of fused-ring (bicyclic) bond motifs is 1. The third-order valence-corrected chi connectivity index (χ3v) is 3.77. The topological polar surface area (TPSA) is 62.0 Å². The Balaban J connectivity index is 1.65. The first-order valence-corrected chi connectivity index (χ1v) is 6.71. The zero-order valence-corrected chi connectivity index (χ0v) is 11.3. The third kappa shape index (κ3) is 2.25. The molecule has 0 saturated heterocycles. The number of carbonyl (C=O) groups is 1. The first kappa shape index (κ1) is 12.7. The van der Waals surface area contributed by atoms with Crippen LogP contribution in [0.3, 0.4) is 0 Å². The number of benzene rings is 1. The Morgan fingerprint density at radius 3 is 2.85 bits per heavy atom. The van der Waals surface area contributed by atoms with E-state index in [0.29, 0.717) is 12.5 Å². The number of hydrogen-bond acceptors (Lipinski definition) is 2. The monoisotopic (exact) mass is 268 g/mol. The van der Waals surface area contributed by atoms with Crippen molar-refractivity contribution in [2.24, 2.45) is 0 Å². The summed E-state index contributed by atoms with van der Waals surface area (Å²) >= 11 is 0. The molecule has 1 amide bonds. The second-order valence-corrected chi connectivity index (χ2v) is 5.19. The van der Waals surface area contributed by atoms with Gasteiger partial charge >= 0.3 is 0 Å². The van der Waals surface area contributed by atoms with Crippen molar-refractivity contribution in [2.75, 3.05) is 6.54 Å². The van der Waals surface area contributed by atoms with Crippen molar-refractivity contribution < 1.29 is 4.79 Å². The van der Waals surface area contributed by atoms with Crippen molar-refractivity contribution in [3.05, 3.63) is 69.1 Å². The summed E-state index contributed by atoms with van der Waals surface area (Å²) in [6.07, 6.45) is 0.987. The van der Waals surface area contributed by atoms with Crippen LogP contribution in [0.1, 0.15) is 33.1 Å². The van der Waals surface area contributed by atoms with Gasteiger partial charge in [0.1, 0.15) is 5.56 Å². The fourth-order valence-electron chi connectivity index (χ4n) is 2.61. The molecule has 1 atom stereocenters. The summed E-state index contributed by atoms with van der Waals surface area (Å²) in [5.41, 5.74) is 3.23. The van der Waals surface area contributed by atoms with E-state index in [2.05, 4.69) is 22.4 Å². The Morgan fingerprint density at radius 1 is 1.30 bits per heavy atom. The molecule has 0 radical (unpaired) electrons. The van der Waals surface area contributed by atoms with Gasteiger partial charge in [-0.2, -0.15) is 0 Å². The molecule has 1 aliphatic rings. The number of aromatic nitrogens is 1. The predicted octanol–water partition coefficient (Wildman–Crippen LogP) is 1.75. The molecule has 0 aliphatic heterocycles.